The van der Waals surface area contributed by atoms with Crippen LogP contribution in [0.3, 0.4) is 0 Å². The lowest BCUT2D eigenvalue weighted by Crippen LogP contribution is -2.49. The van der Waals surface area contributed by atoms with Crippen LogP contribution in [0.5, 0.6) is 0 Å². The van der Waals surface area contributed by atoms with E-state index in [0.717, 1.165) is 40.9 Å². The second-order valence-corrected chi connectivity index (χ2v) is 11.4. The van der Waals surface area contributed by atoms with Crippen molar-refractivity contribution in [2.75, 3.05) is 30.1 Å². The molecule has 44 heavy (non-hydrogen) atoms. The highest BCUT2D eigenvalue weighted by molar-refractivity contribution is 5.86. The van der Waals surface area contributed by atoms with E-state index in [9.17, 15) is 4.39 Å². The second kappa shape index (κ2) is 12.6. The van der Waals surface area contributed by atoms with E-state index in [1.807, 2.05) is 68.6 Å². The van der Waals surface area contributed by atoms with Gasteiger partial charge in [0.15, 0.2) is 0 Å². The Morgan fingerprint density at radius 2 is 1.68 bits per heavy atom. The predicted octanol–water partition coefficient (Wildman–Crippen LogP) is 9.20. The summed E-state index contributed by atoms with van der Waals surface area (Å²) in [6, 6.07) is 21.5. The molecule has 230 valence electrons. The van der Waals surface area contributed by atoms with Crippen molar-refractivity contribution < 1.29 is 17.6 Å². The van der Waals surface area contributed by atoms with E-state index in [2.05, 4.69) is 22.5 Å². The van der Waals surface area contributed by atoms with Crippen LogP contribution in [0.1, 0.15) is 49.3 Å². The van der Waals surface area contributed by atoms with Crippen molar-refractivity contribution in [2.24, 2.45) is 5.92 Å². The number of hydrogen-bond acceptors (Lipinski definition) is 4. The van der Waals surface area contributed by atoms with E-state index in [1.54, 1.807) is 12.2 Å². The Morgan fingerprint density at radius 3 is 2.34 bits per heavy atom. The third-order valence-electron chi connectivity index (χ3n) is 8.63. The van der Waals surface area contributed by atoms with Gasteiger partial charge in [-0.3, -0.25) is 4.39 Å². The maximum Gasteiger partial charge on any atom is 0.399 e. The van der Waals surface area contributed by atoms with Crippen LogP contribution < -0.4 is 21.7 Å². The summed E-state index contributed by atoms with van der Waals surface area (Å²) >= 11 is 0. The number of nitrogen functional groups attached to an aromatic ring is 1. The third-order valence-corrected chi connectivity index (χ3v) is 8.63. The summed E-state index contributed by atoms with van der Waals surface area (Å²) in [5.74, 6) is -1.07. The minimum Gasteiger partial charge on any atom is -0.397 e. The Balaban J connectivity index is 1.56. The van der Waals surface area contributed by atoms with Crippen LogP contribution >= 0.6 is 0 Å². The molecule has 0 spiro atoms. The lowest BCUT2D eigenvalue weighted by molar-refractivity contribution is -0.205. The van der Waals surface area contributed by atoms with E-state index in [-0.39, 0.29) is 12.0 Å². The summed E-state index contributed by atoms with van der Waals surface area (Å²) < 4.78 is 60.6. The Bertz CT molecular complexity index is 1610. The van der Waals surface area contributed by atoms with Crippen LogP contribution in [0.4, 0.5) is 34.6 Å². The van der Waals surface area contributed by atoms with E-state index in [1.165, 1.54) is 23.8 Å². The molecular formula is C36H38F4N4. The van der Waals surface area contributed by atoms with Crippen molar-refractivity contribution in [1.29, 1.82) is 0 Å². The van der Waals surface area contributed by atoms with Gasteiger partial charge in [-0.2, -0.15) is 13.2 Å². The lowest BCUT2D eigenvalue weighted by Gasteiger charge is -2.42. The van der Waals surface area contributed by atoms with E-state index in [0.29, 0.717) is 22.8 Å². The fourth-order valence-electron chi connectivity index (χ4n) is 5.96. The highest BCUT2D eigenvalue weighted by Gasteiger charge is 2.59. The smallest absolute Gasteiger partial charge is 0.397 e. The molecule has 0 aromatic heterocycles. The maximum absolute atomic E-state index is 15.4. The molecule has 8 heteroatoms. The van der Waals surface area contributed by atoms with Gasteiger partial charge in [-0.25, -0.2) is 0 Å². The average Bonchev–Trinajstić information content (AvgIpc) is 3.86. The molecule has 3 aromatic rings. The minimum atomic E-state index is -4.76. The van der Waals surface area contributed by atoms with Gasteiger partial charge >= 0.3 is 6.18 Å². The molecule has 4 nitrogen and oxygen atoms in total. The Morgan fingerprint density at radius 1 is 0.955 bits per heavy atom. The summed E-state index contributed by atoms with van der Waals surface area (Å²) in [4.78, 5) is 0. The Hall–Kier alpha value is -4.46. The molecular weight excluding hydrogens is 564 g/mol. The summed E-state index contributed by atoms with van der Waals surface area (Å²) in [7, 11) is 1.83. The van der Waals surface area contributed by atoms with Crippen molar-refractivity contribution in [3.05, 3.63) is 125 Å². The zero-order valence-corrected chi connectivity index (χ0v) is 25.0. The molecule has 5 N–H and O–H groups in total. The number of nitrogens with two attached hydrogens (primary N) is 1. The summed E-state index contributed by atoms with van der Waals surface area (Å²) in [6.45, 7) is 4.81. The highest BCUT2D eigenvalue weighted by Crippen LogP contribution is 2.53. The van der Waals surface area contributed by atoms with Crippen LogP contribution in [-0.4, -0.2) is 19.9 Å². The number of benzene rings is 3. The first-order valence-corrected chi connectivity index (χ1v) is 14.8. The maximum atomic E-state index is 15.4. The second-order valence-electron chi connectivity index (χ2n) is 11.4. The first-order chi connectivity index (χ1) is 21.1. The fraction of sp³-hybridized carbons (Fsp3) is 0.278. The van der Waals surface area contributed by atoms with Crippen LogP contribution in [0, 0.1) is 5.92 Å². The number of halogens is 4. The SMILES string of the molecule is C=C(NC1=CC(C(CCF)(c2ccc(N)c(NC(=C3CC3)c3cccc(NC)c3)c2)C(F)(F)F)CC=C1C)c1ccccc1. The average molecular weight is 603 g/mol. The van der Waals surface area contributed by atoms with Gasteiger partial charge < -0.3 is 21.7 Å². The molecule has 1 fully saturated rings. The van der Waals surface area contributed by atoms with Crippen molar-refractivity contribution in [1.82, 2.24) is 5.32 Å². The molecule has 0 saturated heterocycles. The normalized spacial score (nSPS) is 17.6. The quantitative estimate of drug-likeness (QED) is 0.131. The zero-order valence-electron chi connectivity index (χ0n) is 25.0. The number of rotatable bonds is 11. The Kier molecular flexibility index (Phi) is 8.90. The highest BCUT2D eigenvalue weighted by atomic mass is 19.4. The lowest BCUT2D eigenvalue weighted by atomic mass is 9.64. The van der Waals surface area contributed by atoms with Crippen LogP contribution in [0.15, 0.2) is 108 Å². The van der Waals surface area contributed by atoms with E-state index in [4.69, 9.17) is 5.73 Å². The van der Waals surface area contributed by atoms with Gasteiger partial charge in [0.05, 0.1) is 18.0 Å². The van der Waals surface area contributed by atoms with E-state index >= 15 is 13.2 Å². The molecule has 3 aromatic carbocycles. The molecule has 0 amide bonds. The number of hydrogen-bond donors (Lipinski definition) is 4. The summed E-state index contributed by atoms with van der Waals surface area (Å²) in [5, 5.41) is 9.70. The van der Waals surface area contributed by atoms with Gasteiger partial charge in [0.1, 0.15) is 5.41 Å². The van der Waals surface area contributed by atoms with Gasteiger partial charge in [0.2, 0.25) is 0 Å². The number of allylic oxidation sites excluding steroid dienone is 4. The molecule has 2 unspecified atom stereocenters. The largest absolute Gasteiger partial charge is 0.399 e. The van der Waals surface area contributed by atoms with Crippen molar-refractivity contribution in [3.63, 3.8) is 0 Å². The Labute approximate surface area is 256 Å². The molecule has 0 bridgehead atoms. The molecule has 2 atom stereocenters. The zero-order chi connectivity index (χ0) is 31.5. The van der Waals surface area contributed by atoms with Crippen molar-refractivity contribution in [3.8, 4) is 0 Å². The van der Waals surface area contributed by atoms with Crippen molar-refractivity contribution in [2.45, 2.75) is 44.2 Å². The number of anilines is 3. The number of alkyl halides is 4. The summed E-state index contributed by atoms with van der Waals surface area (Å²) in [6.07, 6.45) is -0.215. The molecule has 0 aliphatic heterocycles. The molecule has 0 heterocycles. The first kappa shape index (κ1) is 31.0. The van der Waals surface area contributed by atoms with Gasteiger partial charge in [-0.1, -0.05) is 67.3 Å². The number of nitrogens with one attached hydrogen (secondary N) is 3. The first-order valence-electron chi connectivity index (χ1n) is 14.8. The van der Waals surface area contributed by atoms with Crippen LogP contribution in [-0.2, 0) is 5.41 Å². The van der Waals surface area contributed by atoms with Gasteiger partial charge in [-0.05, 0) is 84.7 Å². The molecule has 2 aliphatic carbocycles. The van der Waals surface area contributed by atoms with E-state index < -0.39 is 30.6 Å². The molecule has 5 rings (SSSR count). The predicted molar refractivity (Wildman–Crippen MR) is 174 cm³/mol. The van der Waals surface area contributed by atoms with Crippen molar-refractivity contribution >= 4 is 28.5 Å². The minimum absolute atomic E-state index is 0.0288. The van der Waals surface area contributed by atoms with Crippen LogP contribution in [0.2, 0.25) is 0 Å². The standard InChI is InChI=1S/C36H38F4N4/c1-23-12-15-28(21-32(23)43-24(2)25-8-5-4-6-9-25)35(18-19-37,36(38,39)40)29-16-17-31(41)33(22-29)44-34(26-13-14-26)27-10-7-11-30(20-27)42-3/h4-12,16-17,20-22,28,42-44H,2,13-15,18-19,41H2,1,3H3. The molecule has 2 aliphatic rings. The van der Waals surface area contributed by atoms with Crippen LogP contribution in [0.25, 0.3) is 11.4 Å². The van der Waals surface area contributed by atoms with Gasteiger partial charge in [0.25, 0.3) is 0 Å². The van der Waals surface area contributed by atoms with Gasteiger partial charge in [-0.15, -0.1) is 0 Å². The van der Waals surface area contributed by atoms with Gasteiger partial charge in [0, 0.05) is 35.7 Å². The topological polar surface area (TPSA) is 62.1 Å². The third kappa shape index (κ3) is 6.25. The molecule has 1 saturated carbocycles. The monoisotopic (exact) mass is 602 g/mol. The summed E-state index contributed by atoms with van der Waals surface area (Å²) in [5.41, 5.74) is 11.0. The molecule has 0 radical (unpaired) electrons. The fourth-order valence-corrected chi connectivity index (χ4v) is 5.96.